The van der Waals surface area contributed by atoms with E-state index in [1.165, 1.54) is 6.92 Å². The largest absolute Gasteiger partial charge is 0.659 e. The van der Waals surface area contributed by atoms with E-state index in [4.69, 9.17) is 13.3 Å². The lowest BCUT2D eigenvalue weighted by atomic mass is 10.2. The average Bonchev–Trinajstić information content (AvgIpc) is 2.51. The first-order valence-electron chi connectivity index (χ1n) is 6.63. The van der Waals surface area contributed by atoms with Gasteiger partial charge in [-0.25, -0.2) is 0 Å². The van der Waals surface area contributed by atoms with E-state index in [1.54, 1.807) is 0 Å². The summed E-state index contributed by atoms with van der Waals surface area (Å²) in [5.74, 6) is -0.398. The van der Waals surface area contributed by atoms with Gasteiger partial charge in [-0.1, -0.05) is 60.7 Å². The van der Waals surface area contributed by atoms with Crippen LogP contribution in [0.25, 0.3) is 0 Å². The number of carbonyl (C=O) groups excluding carboxylic acids is 1. The summed E-state index contributed by atoms with van der Waals surface area (Å²) in [4.78, 5) is 11.1. The van der Waals surface area contributed by atoms with E-state index in [1.807, 2.05) is 60.7 Å². The Hall–Kier alpha value is -1.95. The maximum atomic E-state index is 11.1. The Labute approximate surface area is 126 Å². The van der Waals surface area contributed by atoms with E-state index in [0.29, 0.717) is 13.2 Å². The Morgan fingerprint density at radius 1 is 0.857 bits per heavy atom. The van der Waals surface area contributed by atoms with Crippen molar-refractivity contribution in [3.8, 4) is 0 Å². The van der Waals surface area contributed by atoms with Crippen LogP contribution in [-0.2, 0) is 31.3 Å². The molecular weight excluding hydrogens is 284 g/mol. The van der Waals surface area contributed by atoms with E-state index in [0.717, 1.165) is 11.1 Å². The lowest BCUT2D eigenvalue weighted by Crippen LogP contribution is -2.29. The molecule has 0 aliphatic rings. The van der Waals surface area contributed by atoms with Gasteiger partial charge in [-0.3, -0.25) is 4.79 Å². The first-order chi connectivity index (χ1) is 10.2. The first-order valence-corrected chi connectivity index (χ1v) is 7.85. The third-order valence-corrected chi connectivity index (χ3v) is 3.84. The summed E-state index contributed by atoms with van der Waals surface area (Å²) in [6.07, 6.45) is 0. The predicted octanol–water partition coefficient (Wildman–Crippen LogP) is 2.97. The van der Waals surface area contributed by atoms with Crippen molar-refractivity contribution in [1.29, 1.82) is 0 Å². The molecule has 2 rings (SSSR count). The zero-order chi connectivity index (χ0) is 14.9. The SMILES string of the molecule is CC(=O)O[Si](OCc1ccccc1)OCc1ccccc1. The Balaban J connectivity index is 1.87. The maximum absolute atomic E-state index is 11.1. The molecule has 1 radical (unpaired) electrons. The lowest BCUT2D eigenvalue weighted by Gasteiger charge is -2.13. The molecule has 0 heterocycles. The molecule has 21 heavy (non-hydrogen) atoms. The van der Waals surface area contributed by atoms with Gasteiger partial charge in [-0.2, -0.15) is 0 Å². The molecule has 0 fully saturated rings. The summed E-state index contributed by atoms with van der Waals surface area (Å²) in [5, 5.41) is 0. The zero-order valence-corrected chi connectivity index (χ0v) is 12.8. The van der Waals surface area contributed by atoms with E-state index in [2.05, 4.69) is 0 Å². The van der Waals surface area contributed by atoms with Crippen molar-refractivity contribution in [2.24, 2.45) is 0 Å². The van der Waals surface area contributed by atoms with Gasteiger partial charge in [-0.15, -0.1) is 0 Å². The first kappa shape index (κ1) is 15.4. The molecule has 4 nitrogen and oxygen atoms in total. The molecule has 0 bridgehead atoms. The van der Waals surface area contributed by atoms with E-state index in [9.17, 15) is 4.79 Å². The van der Waals surface area contributed by atoms with Crippen LogP contribution < -0.4 is 0 Å². The minimum absolute atomic E-state index is 0.358. The molecule has 0 spiro atoms. The number of hydrogen-bond donors (Lipinski definition) is 0. The van der Waals surface area contributed by atoms with Crippen LogP contribution >= 0.6 is 0 Å². The van der Waals surface area contributed by atoms with E-state index >= 15 is 0 Å². The predicted molar refractivity (Wildman–Crippen MR) is 80.0 cm³/mol. The van der Waals surface area contributed by atoms with Crippen LogP contribution in [0.5, 0.6) is 0 Å². The highest BCUT2D eigenvalue weighted by atomic mass is 28.3. The Morgan fingerprint density at radius 3 is 1.67 bits per heavy atom. The second-order valence-electron chi connectivity index (χ2n) is 4.39. The molecule has 0 saturated heterocycles. The summed E-state index contributed by atoms with van der Waals surface area (Å²) in [6, 6.07) is 19.4. The lowest BCUT2D eigenvalue weighted by molar-refractivity contribution is -0.135. The minimum atomic E-state index is -2.09. The number of hydrogen-bond acceptors (Lipinski definition) is 4. The molecule has 5 heteroatoms. The molecule has 2 aromatic rings. The Bertz CT molecular complexity index is 501. The Kier molecular flexibility index (Phi) is 6.14. The van der Waals surface area contributed by atoms with Gasteiger partial charge in [-0.05, 0) is 11.1 Å². The van der Waals surface area contributed by atoms with Gasteiger partial charge in [0, 0.05) is 6.92 Å². The summed E-state index contributed by atoms with van der Waals surface area (Å²) < 4.78 is 16.3. The molecule has 0 aliphatic carbocycles. The van der Waals surface area contributed by atoms with Gasteiger partial charge in [0.1, 0.15) is 0 Å². The quantitative estimate of drug-likeness (QED) is 0.738. The van der Waals surface area contributed by atoms with Crippen LogP contribution in [0.1, 0.15) is 18.1 Å². The van der Waals surface area contributed by atoms with Crippen molar-refractivity contribution in [2.45, 2.75) is 20.1 Å². The van der Waals surface area contributed by atoms with Crippen molar-refractivity contribution in [1.82, 2.24) is 0 Å². The van der Waals surface area contributed by atoms with Gasteiger partial charge >= 0.3 is 9.53 Å². The van der Waals surface area contributed by atoms with Crippen molar-refractivity contribution in [3.63, 3.8) is 0 Å². The zero-order valence-electron chi connectivity index (χ0n) is 11.8. The normalized spacial score (nSPS) is 10.6. The third kappa shape index (κ3) is 5.91. The second-order valence-corrected chi connectivity index (χ2v) is 5.67. The molecule has 0 saturated carbocycles. The van der Waals surface area contributed by atoms with Crippen LogP contribution in [0.3, 0.4) is 0 Å². The smallest absolute Gasteiger partial charge is 0.471 e. The van der Waals surface area contributed by atoms with Gasteiger partial charge in [0.2, 0.25) is 0 Å². The standard InChI is InChI=1S/C16H17O4Si/c1-14(17)20-21(18-12-15-8-4-2-5-9-15)19-13-16-10-6-3-7-11-16/h2-11H,12-13H2,1H3. The van der Waals surface area contributed by atoms with Crippen molar-refractivity contribution in [3.05, 3.63) is 71.8 Å². The van der Waals surface area contributed by atoms with Crippen LogP contribution in [0.15, 0.2) is 60.7 Å². The summed E-state index contributed by atoms with van der Waals surface area (Å²) in [6.45, 7) is 2.07. The molecule has 0 aliphatic heterocycles. The van der Waals surface area contributed by atoms with Gasteiger partial charge in [0.25, 0.3) is 5.97 Å². The molecule has 0 unspecified atom stereocenters. The van der Waals surface area contributed by atoms with Crippen molar-refractivity contribution < 1.29 is 18.1 Å². The van der Waals surface area contributed by atoms with Gasteiger partial charge < -0.3 is 13.3 Å². The van der Waals surface area contributed by atoms with Crippen LogP contribution in [-0.4, -0.2) is 15.5 Å². The molecular formula is C16H17O4Si. The molecule has 2 aromatic carbocycles. The second kappa shape index (κ2) is 8.36. The average molecular weight is 301 g/mol. The topological polar surface area (TPSA) is 44.8 Å². The van der Waals surface area contributed by atoms with Gasteiger partial charge in [0.15, 0.2) is 0 Å². The number of benzene rings is 2. The van der Waals surface area contributed by atoms with E-state index in [-0.39, 0.29) is 0 Å². The molecule has 0 N–H and O–H groups in total. The molecule has 0 aromatic heterocycles. The Morgan fingerprint density at radius 2 is 1.29 bits per heavy atom. The number of rotatable bonds is 7. The molecule has 0 amide bonds. The third-order valence-electron chi connectivity index (χ3n) is 2.63. The fourth-order valence-electron chi connectivity index (χ4n) is 1.65. The fourth-order valence-corrected chi connectivity index (χ4v) is 2.66. The van der Waals surface area contributed by atoms with Crippen LogP contribution in [0.2, 0.25) is 0 Å². The minimum Gasteiger partial charge on any atom is -0.471 e. The highest BCUT2D eigenvalue weighted by Gasteiger charge is 2.23. The highest BCUT2D eigenvalue weighted by Crippen LogP contribution is 2.07. The molecule has 0 atom stereocenters. The molecule has 109 valence electrons. The van der Waals surface area contributed by atoms with Gasteiger partial charge in [0.05, 0.1) is 13.2 Å². The number of carbonyl (C=O) groups is 1. The van der Waals surface area contributed by atoms with Crippen LogP contribution in [0, 0.1) is 0 Å². The summed E-state index contributed by atoms with van der Waals surface area (Å²) in [7, 11) is -2.09. The summed E-state index contributed by atoms with van der Waals surface area (Å²) >= 11 is 0. The fraction of sp³-hybridized carbons (Fsp3) is 0.188. The van der Waals surface area contributed by atoms with E-state index < -0.39 is 15.5 Å². The summed E-state index contributed by atoms with van der Waals surface area (Å²) in [5.41, 5.74) is 2.02. The van der Waals surface area contributed by atoms with Crippen molar-refractivity contribution >= 4 is 15.5 Å². The van der Waals surface area contributed by atoms with Crippen LogP contribution in [0.4, 0.5) is 0 Å². The monoisotopic (exact) mass is 301 g/mol. The van der Waals surface area contributed by atoms with Crippen molar-refractivity contribution in [2.75, 3.05) is 0 Å². The highest BCUT2D eigenvalue weighted by molar-refractivity contribution is 6.39. The maximum Gasteiger partial charge on any atom is 0.659 e.